The molecule has 0 spiro atoms. The normalized spacial score (nSPS) is 18.5. The maximum atomic E-state index is 14.3. The van der Waals surface area contributed by atoms with Gasteiger partial charge in [0.15, 0.2) is 11.0 Å². The lowest BCUT2D eigenvalue weighted by Crippen LogP contribution is -2.69. The van der Waals surface area contributed by atoms with Crippen LogP contribution in [0.1, 0.15) is 23.2 Å². The van der Waals surface area contributed by atoms with Crippen LogP contribution in [0.3, 0.4) is 0 Å². The van der Waals surface area contributed by atoms with E-state index in [2.05, 4.69) is 29.9 Å². The van der Waals surface area contributed by atoms with E-state index in [-0.39, 0.29) is 22.2 Å². The van der Waals surface area contributed by atoms with Crippen molar-refractivity contribution in [1.82, 2.24) is 39.5 Å². The number of nitrogens with two attached hydrogens (primary N) is 1. The van der Waals surface area contributed by atoms with Crippen molar-refractivity contribution < 1.29 is 9.18 Å². The number of nitrogens with zero attached hydrogens (tertiary/aromatic N) is 7. The van der Waals surface area contributed by atoms with Crippen molar-refractivity contribution in [3.05, 3.63) is 59.8 Å². The average molecular weight is 510 g/mol. The number of piperidine rings is 1. The molecule has 0 aliphatic carbocycles. The molecule has 3 N–H and O–H groups in total. The molecule has 4 aromatic heterocycles. The highest BCUT2D eigenvalue weighted by molar-refractivity contribution is 6.29. The number of aromatic nitrogens is 6. The molecule has 2 saturated heterocycles. The Labute approximate surface area is 211 Å². The second-order valence-corrected chi connectivity index (χ2v) is 9.81. The van der Waals surface area contributed by atoms with Crippen LogP contribution in [0.5, 0.6) is 0 Å². The SMILES string of the molecule is NCC1(n2cc(-c3ncnc4[nH]ccc34)cn2)CN(C2CCN(C(=O)c3ccnc(Cl)c3F)CC2)C1. The smallest absolute Gasteiger partial charge is 0.257 e. The largest absolute Gasteiger partial charge is 0.346 e. The Kier molecular flexibility index (Phi) is 5.70. The van der Waals surface area contributed by atoms with Crippen molar-refractivity contribution in [1.29, 1.82) is 0 Å². The van der Waals surface area contributed by atoms with Crippen LogP contribution in [0, 0.1) is 5.82 Å². The first-order valence-corrected chi connectivity index (χ1v) is 12.2. The Morgan fingerprint density at radius 1 is 1.22 bits per heavy atom. The molecule has 6 rings (SSSR count). The van der Waals surface area contributed by atoms with Gasteiger partial charge >= 0.3 is 0 Å². The molecular formula is C24H25ClFN9O. The van der Waals surface area contributed by atoms with Gasteiger partial charge in [-0.2, -0.15) is 5.10 Å². The quantitative estimate of drug-likeness (QED) is 0.396. The lowest BCUT2D eigenvalue weighted by Gasteiger charge is -2.54. The number of hydrogen-bond acceptors (Lipinski definition) is 7. The molecule has 0 bridgehead atoms. The lowest BCUT2D eigenvalue weighted by molar-refractivity contribution is -0.0385. The van der Waals surface area contributed by atoms with E-state index >= 15 is 0 Å². The molecule has 0 atom stereocenters. The first kappa shape index (κ1) is 23.0. The number of nitrogens with one attached hydrogen (secondary N) is 1. The standard InChI is InChI=1S/C24H25ClFN9O/c25-21-19(26)17(1-5-28-21)23(36)33-7-3-16(4-8-33)34-12-24(11-27,13-34)35-10-15(9-32-35)20-18-2-6-29-22(18)31-14-30-20/h1-2,5-6,9-10,14,16H,3-4,7-8,11-13,27H2,(H,29,30,31). The predicted molar refractivity (Wildman–Crippen MR) is 132 cm³/mol. The molecule has 4 aromatic rings. The van der Waals surface area contributed by atoms with Gasteiger partial charge in [-0.05, 0) is 25.0 Å². The van der Waals surface area contributed by atoms with Crippen molar-refractivity contribution in [2.24, 2.45) is 5.73 Å². The molecule has 0 radical (unpaired) electrons. The summed E-state index contributed by atoms with van der Waals surface area (Å²) in [6, 6.07) is 3.67. The van der Waals surface area contributed by atoms with Crippen LogP contribution in [-0.2, 0) is 5.54 Å². The van der Waals surface area contributed by atoms with Crippen LogP contribution in [0.4, 0.5) is 4.39 Å². The van der Waals surface area contributed by atoms with Gasteiger partial charge in [0, 0.05) is 68.3 Å². The van der Waals surface area contributed by atoms with Gasteiger partial charge in [0.1, 0.15) is 17.5 Å². The Hall–Kier alpha value is -3.41. The number of carbonyl (C=O) groups excluding carboxylic acids is 1. The van der Waals surface area contributed by atoms with Gasteiger partial charge in [0.2, 0.25) is 0 Å². The molecular weight excluding hydrogens is 485 g/mol. The van der Waals surface area contributed by atoms with Crippen LogP contribution < -0.4 is 5.73 Å². The minimum Gasteiger partial charge on any atom is -0.346 e. The summed E-state index contributed by atoms with van der Waals surface area (Å²) in [6.07, 6.45) is 10.2. The number of rotatable bonds is 5. The zero-order valence-electron chi connectivity index (χ0n) is 19.4. The highest BCUT2D eigenvalue weighted by Gasteiger charge is 2.47. The fourth-order valence-electron chi connectivity index (χ4n) is 5.33. The number of halogens is 2. The molecule has 0 unspecified atom stereocenters. The van der Waals surface area contributed by atoms with Crippen molar-refractivity contribution in [2.75, 3.05) is 32.7 Å². The minimum atomic E-state index is -0.764. The summed E-state index contributed by atoms with van der Waals surface area (Å²) in [5.41, 5.74) is 8.47. The zero-order chi connectivity index (χ0) is 24.9. The van der Waals surface area contributed by atoms with Gasteiger partial charge in [0.25, 0.3) is 5.91 Å². The van der Waals surface area contributed by atoms with Crippen LogP contribution in [0.2, 0.25) is 5.15 Å². The zero-order valence-corrected chi connectivity index (χ0v) is 20.2. The fourth-order valence-corrected chi connectivity index (χ4v) is 5.49. The molecule has 1 amide bonds. The molecule has 0 saturated carbocycles. The van der Waals surface area contributed by atoms with E-state index < -0.39 is 5.82 Å². The Bertz CT molecular complexity index is 1420. The van der Waals surface area contributed by atoms with Gasteiger partial charge in [-0.25, -0.2) is 19.3 Å². The van der Waals surface area contributed by atoms with E-state index in [1.54, 1.807) is 11.2 Å². The summed E-state index contributed by atoms with van der Waals surface area (Å²) >= 11 is 5.75. The number of aromatic amines is 1. The van der Waals surface area contributed by atoms with Crippen LogP contribution in [0.15, 0.2) is 43.2 Å². The van der Waals surface area contributed by atoms with Gasteiger partial charge in [-0.3, -0.25) is 14.4 Å². The van der Waals surface area contributed by atoms with Crippen LogP contribution >= 0.6 is 11.6 Å². The number of likely N-dealkylation sites (tertiary alicyclic amines) is 2. The summed E-state index contributed by atoms with van der Waals surface area (Å²) < 4.78 is 16.2. The van der Waals surface area contributed by atoms with Crippen LogP contribution in [0.25, 0.3) is 22.3 Å². The first-order valence-electron chi connectivity index (χ1n) is 11.9. The first-order chi connectivity index (χ1) is 17.5. The Morgan fingerprint density at radius 2 is 2.03 bits per heavy atom. The number of pyridine rings is 1. The monoisotopic (exact) mass is 509 g/mol. The van der Waals surface area contributed by atoms with E-state index in [9.17, 15) is 9.18 Å². The molecule has 36 heavy (non-hydrogen) atoms. The third-order valence-corrected chi connectivity index (χ3v) is 7.68. The van der Waals surface area contributed by atoms with E-state index in [1.165, 1.54) is 12.3 Å². The summed E-state index contributed by atoms with van der Waals surface area (Å²) in [4.78, 5) is 32.4. The molecule has 2 aliphatic heterocycles. The Balaban J connectivity index is 1.11. The minimum absolute atomic E-state index is 0.0327. The summed E-state index contributed by atoms with van der Waals surface area (Å²) in [7, 11) is 0. The van der Waals surface area contributed by atoms with Crippen molar-refractivity contribution in [2.45, 2.75) is 24.4 Å². The highest BCUT2D eigenvalue weighted by Crippen LogP contribution is 2.34. The van der Waals surface area contributed by atoms with Gasteiger partial charge in [-0.15, -0.1) is 0 Å². The van der Waals surface area contributed by atoms with Crippen molar-refractivity contribution in [3.8, 4) is 11.3 Å². The van der Waals surface area contributed by atoms with E-state index in [4.69, 9.17) is 17.3 Å². The van der Waals surface area contributed by atoms with Crippen LogP contribution in [-0.4, -0.2) is 84.2 Å². The maximum Gasteiger partial charge on any atom is 0.257 e. The van der Waals surface area contributed by atoms with Crippen molar-refractivity contribution >= 4 is 28.5 Å². The fraction of sp³-hybridized carbons (Fsp3) is 0.375. The molecule has 186 valence electrons. The highest BCUT2D eigenvalue weighted by atomic mass is 35.5. The second kappa shape index (κ2) is 8.91. The summed E-state index contributed by atoms with van der Waals surface area (Å²) in [5.74, 6) is -1.11. The third kappa shape index (κ3) is 3.74. The predicted octanol–water partition coefficient (Wildman–Crippen LogP) is 2.28. The lowest BCUT2D eigenvalue weighted by atomic mass is 9.86. The van der Waals surface area contributed by atoms with E-state index in [1.807, 2.05) is 29.3 Å². The van der Waals surface area contributed by atoms with E-state index in [0.717, 1.165) is 48.2 Å². The molecule has 10 nitrogen and oxygen atoms in total. The van der Waals surface area contributed by atoms with Gasteiger partial charge < -0.3 is 15.6 Å². The molecule has 6 heterocycles. The molecule has 2 aliphatic rings. The molecule has 12 heteroatoms. The third-order valence-electron chi connectivity index (χ3n) is 7.42. The number of hydrogen-bond donors (Lipinski definition) is 2. The van der Waals surface area contributed by atoms with E-state index in [0.29, 0.717) is 25.7 Å². The van der Waals surface area contributed by atoms with Gasteiger partial charge in [-0.1, -0.05) is 11.6 Å². The van der Waals surface area contributed by atoms with Crippen molar-refractivity contribution in [3.63, 3.8) is 0 Å². The topological polar surface area (TPSA) is 122 Å². The number of fused-ring (bicyclic) bond motifs is 1. The summed E-state index contributed by atoms with van der Waals surface area (Å²) in [6.45, 7) is 3.14. The number of amides is 1. The van der Waals surface area contributed by atoms with Gasteiger partial charge in [0.05, 0.1) is 17.5 Å². The number of H-pyrrole nitrogens is 1. The maximum absolute atomic E-state index is 14.3. The summed E-state index contributed by atoms with van der Waals surface area (Å²) in [5, 5.41) is 5.31. The second-order valence-electron chi connectivity index (χ2n) is 9.46. The molecule has 0 aromatic carbocycles. The Morgan fingerprint density at radius 3 is 2.81 bits per heavy atom. The number of carbonyl (C=O) groups is 1. The average Bonchev–Trinajstić information content (AvgIpc) is 3.56. The molecule has 2 fully saturated rings.